The number of benzene rings is 1. The van der Waals surface area contributed by atoms with Gasteiger partial charge in [-0.3, -0.25) is 4.79 Å². The maximum absolute atomic E-state index is 12.6. The number of fused-ring (bicyclic) bond motifs is 1. The molecule has 130 valence electrons. The number of hydrogen-bond donors (Lipinski definition) is 2. The zero-order chi connectivity index (χ0) is 16.9. The molecule has 2 unspecified atom stereocenters. The van der Waals surface area contributed by atoms with E-state index in [1.165, 1.54) is 12.8 Å². The number of para-hydroxylation sites is 2. The van der Waals surface area contributed by atoms with Gasteiger partial charge in [0.05, 0.1) is 16.8 Å². The molecular weight excluding hydrogens is 320 g/mol. The van der Waals surface area contributed by atoms with Crippen molar-refractivity contribution in [3.63, 3.8) is 0 Å². The molecular formula is C18H26N4OS. The van der Waals surface area contributed by atoms with E-state index in [2.05, 4.69) is 16.6 Å². The molecule has 2 atom stereocenters. The topological polar surface area (TPSA) is 72.9 Å². The predicted molar refractivity (Wildman–Crippen MR) is 99.9 cm³/mol. The summed E-state index contributed by atoms with van der Waals surface area (Å²) < 4.78 is 2.04. The van der Waals surface area contributed by atoms with Gasteiger partial charge < -0.3 is 15.6 Å². The molecule has 1 aromatic carbocycles. The van der Waals surface area contributed by atoms with E-state index in [0.717, 1.165) is 35.5 Å². The maximum atomic E-state index is 12.6. The Morgan fingerprint density at radius 2 is 2.17 bits per heavy atom. The highest BCUT2D eigenvalue weighted by Crippen LogP contribution is 2.24. The largest absolute Gasteiger partial charge is 0.351 e. The van der Waals surface area contributed by atoms with Crippen molar-refractivity contribution >= 4 is 28.7 Å². The summed E-state index contributed by atoms with van der Waals surface area (Å²) in [5.41, 5.74) is 7.85. The third kappa shape index (κ3) is 3.75. The zero-order valence-corrected chi connectivity index (χ0v) is 15.0. The molecule has 3 N–H and O–H groups in total. The van der Waals surface area contributed by atoms with Gasteiger partial charge in [0.2, 0.25) is 5.91 Å². The Labute approximate surface area is 147 Å². The van der Waals surface area contributed by atoms with E-state index in [1.807, 2.05) is 28.8 Å². The monoisotopic (exact) mass is 346 g/mol. The van der Waals surface area contributed by atoms with E-state index in [1.54, 1.807) is 11.8 Å². The van der Waals surface area contributed by atoms with Gasteiger partial charge in [-0.25, -0.2) is 4.98 Å². The summed E-state index contributed by atoms with van der Waals surface area (Å²) in [6.07, 6.45) is 6.60. The fraction of sp³-hybridized carbons (Fsp3) is 0.556. The lowest BCUT2D eigenvalue weighted by atomic mass is 9.84. The molecule has 1 amide bonds. The third-order valence-corrected chi connectivity index (χ3v) is 5.41. The molecule has 6 heteroatoms. The Balaban J connectivity index is 1.76. The van der Waals surface area contributed by atoms with Crippen LogP contribution in [0.25, 0.3) is 11.0 Å². The number of imidazole rings is 1. The van der Waals surface area contributed by atoms with Crippen LogP contribution in [-0.4, -0.2) is 34.3 Å². The molecule has 1 fully saturated rings. The Kier molecular flexibility index (Phi) is 5.79. The van der Waals surface area contributed by atoms with E-state index in [4.69, 9.17) is 5.73 Å². The normalized spacial score (nSPS) is 21.1. The van der Waals surface area contributed by atoms with Gasteiger partial charge in [0.15, 0.2) is 0 Å². The van der Waals surface area contributed by atoms with Gasteiger partial charge in [-0.2, -0.15) is 11.8 Å². The minimum atomic E-state index is 0.0610. The van der Waals surface area contributed by atoms with Crippen molar-refractivity contribution in [2.45, 2.75) is 44.0 Å². The highest BCUT2D eigenvalue weighted by atomic mass is 32.2. The first-order valence-electron chi connectivity index (χ1n) is 8.65. The third-order valence-electron chi connectivity index (χ3n) is 4.87. The van der Waals surface area contributed by atoms with Crippen molar-refractivity contribution < 1.29 is 4.79 Å². The van der Waals surface area contributed by atoms with Gasteiger partial charge in [-0.05, 0) is 43.7 Å². The highest BCUT2D eigenvalue weighted by Gasteiger charge is 2.25. The summed E-state index contributed by atoms with van der Waals surface area (Å²) in [7, 11) is 0. The maximum Gasteiger partial charge on any atom is 0.240 e. The van der Waals surface area contributed by atoms with E-state index in [0.29, 0.717) is 19.0 Å². The minimum Gasteiger partial charge on any atom is -0.351 e. The molecule has 3 rings (SSSR count). The van der Waals surface area contributed by atoms with Gasteiger partial charge in [-0.15, -0.1) is 0 Å². The van der Waals surface area contributed by atoms with Crippen LogP contribution in [0.3, 0.4) is 0 Å². The first kappa shape index (κ1) is 17.3. The van der Waals surface area contributed by atoms with Gasteiger partial charge in [0.25, 0.3) is 0 Å². The molecule has 1 aromatic heterocycles. The average molecular weight is 347 g/mol. The van der Waals surface area contributed by atoms with E-state index in [-0.39, 0.29) is 11.9 Å². The molecule has 2 aromatic rings. The van der Waals surface area contributed by atoms with E-state index < -0.39 is 0 Å². The van der Waals surface area contributed by atoms with Crippen LogP contribution in [0.15, 0.2) is 24.3 Å². The van der Waals surface area contributed by atoms with E-state index >= 15 is 0 Å². The first-order valence-corrected chi connectivity index (χ1v) is 10.0. The van der Waals surface area contributed by atoms with Crippen LogP contribution < -0.4 is 11.1 Å². The van der Waals surface area contributed by atoms with Crippen molar-refractivity contribution in [2.75, 3.05) is 12.8 Å². The van der Waals surface area contributed by atoms with Crippen molar-refractivity contribution in [3.8, 4) is 0 Å². The van der Waals surface area contributed by atoms with Gasteiger partial charge >= 0.3 is 0 Å². The van der Waals surface area contributed by atoms with Crippen LogP contribution in [0, 0.1) is 5.92 Å². The lowest BCUT2D eigenvalue weighted by Gasteiger charge is -2.31. The second-order valence-corrected chi connectivity index (χ2v) is 7.36. The smallest absolute Gasteiger partial charge is 0.240 e. The van der Waals surface area contributed by atoms with Gasteiger partial charge in [-0.1, -0.05) is 25.0 Å². The van der Waals surface area contributed by atoms with Crippen molar-refractivity contribution in [2.24, 2.45) is 11.7 Å². The predicted octanol–water partition coefficient (Wildman–Crippen LogP) is 2.53. The SMILES string of the molecule is CSCc1nc2ccccc2n1CC(=O)NC1CCCCC1CN. The average Bonchev–Trinajstić information content (AvgIpc) is 2.93. The number of rotatable bonds is 6. The van der Waals surface area contributed by atoms with Crippen molar-refractivity contribution in [3.05, 3.63) is 30.1 Å². The van der Waals surface area contributed by atoms with Crippen molar-refractivity contribution in [1.29, 1.82) is 0 Å². The summed E-state index contributed by atoms with van der Waals surface area (Å²) in [4.78, 5) is 17.3. The highest BCUT2D eigenvalue weighted by molar-refractivity contribution is 7.97. The molecule has 0 saturated heterocycles. The van der Waals surface area contributed by atoms with Crippen LogP contribution in [0.5, 0.6) is 0 Å². The summed E-state index contributed by atoms with van der Waals surface area (Å²) >= 11 is 1.72. The lowest BCUT2D eigenvalue weighted by molar-refractivity contribution is -0.122. The first-order chi connectivity index (χ1) is 11.7. The number of hydrogen-bond acceptors (Lipinski definition) is 4. The number of nitrogens with zero attached hydrogens (tertiary/aromatic N) is 2. The fourth-order valence-corrected chi connectivity index (χ4v) is 4.10. The van der Waals surface area contributed by atoms with Crippen LogP contribution >= 0.6 is 11.8 Å². The number of amides is 1. The second-order valence-electron chi connectivity index (χ2n) is 6.49. The van der Waals surface area contributed by atoms with Crippen LogP contribution in [-0.2, 0) is 17.1 Å². The lowest BCUT2D eigenvalue weighted by Crippen LogP contribution is -2.45. The molecule has 0 radical (unpaired) electrons. The van der Waals surface area contributed by atoms with Gasteiger partial charge in [0.1, 0.15) is 12.4 Å². The Morgan fingerprint density at radius 1 is 1.38 bits per heavy atom. The van der Waals surface area contributed by atoms with Crippen LogP contribution in [0.1, 0.15) is 31.5 Å². The number of carbonyl (C=O) groups is 1. The molecule has 0 aliphatic heterocycles. The Morgan fingerprint density at radius 3 is 2.96 bits per heavy atom. The Hall–Kier alpha value is -1.53. The number of nitrogens with one attached hydrogen (secondary N) is 1. The molecule has 1 aliphatic carbocycles. The summed E-state index contributed by atoms with van der Waals surface area (Å²) in [5, 5.41) is 3.22. The summed E-state index contributed by atoms with van der Waals surface area (Å²) in [6, 6.07) is 8.22. The number of carbonyl (C=O) groups excluding carboxylic acids is 1. The second kappa shape index (κ2) is 8.03. The molecule has 1 saturated carbocycles. The molecule has 5 nitrogen and oxygen atoms in total. The quantitative estimate of drug-likeness (QED) is 0.843. The number of thioether (sulfide) groups is 1. The van der Waals surface area contributed by atoms with E-state index in [9.17, 15) is 4.79 Å². The fourth-order valence-electron chi connectivity index (χ4n) is 3.62. The Bertz CT molecular complexity index is 699. The molecule has 1 heterocycles. The minimum absolute atomic E-state index is 0.0610. The molecule has 24 heavy (non-hydrogen) atoms. The van der Waals surface area contributed by atoms with Crippen LogP contribution in [0.2, 0.25) is 0 Å². The summed E-state index contributed by atoms with van der Waals surface area (Å²) in [5.74, 6) is 2.23. The van der Waals surface area contributed by atoms with Crippen molar-refractivity contribution in [1.82, 2.24) is 14.9 Å². The number of aromatic nitrogens is 2. The van der Waals surface area contributed by atoms with Gasteiger partial charge in [0, 0.05) is 6.04 Å². The summed E-state index contributed by atoms with van der Waals surface area (Å²) in [6.45, 7) is 0.973. The standard InChI is InChI=1S/C18H26N4OS/c1-24-12-17-20-15-8-4-5-9-16(15)22(17)11-18(23)21-14-7-3-2-6-13(14)10-19/h4-5,8-9,13-14H,2-3,6-7,10-12,19H2,1H3,(H,21,23). The number of nitrogens with two attached hydrogens (primary N) is 1. The van der Waals surface area contributed by atoms with Crippen LogP contribution in [0.4, 0.5) is 0 Å². The zero-order valence-electron chi connectivity index (χ0n) is 14.2. The molecule has 1 aliphatic rings. The molecule has 0 bridgehead atoms. The molecule has 0 spiro atoms.